The number of aryl methyl sites for hydroxylation is 1. The van der Waals surface area contributed by atoms with Gasteiger partial charge in [-0.1, -0.05) is 54.5 Å². The van der Waals surface area contributed by atoms with Crippen LogP contribution < -0.4 is 0 Å². The Morgan fingerprint density at radius 2 is 2.00 bits per heavy atom. The Morgan fingerprint density at radius 3 is 2.62 bits per heavy atom. The van der Waals surface area contributed by atoms with Gasteiger partial charge in [0, 0.05) is 23.2 Å². The predicted octanol–water partition coefficient (Wildman–Crippen LogP) is 6.27. The first-order valence-corrected chi connectivity index (χ1v) is 11.9. The number of hydrogen-bond acceptors (Lipinski definition) is 7. The van der Waals surface area contributed by atoms with E-state index in [1.54, 1.807) is 30.8 Å². The summed E-state index contributed by atoms with van der Waals surface area (Å²) < 4.78 is 2.29. The highest BCUT2D eigenvalue weighted by Crippen LogP contribution is 2.41. The molecule has 164 valence electrons. The Balaban J connectivity index is 1.92. The number of aromatic carboxylic acids is 1. The van der Waals surface area contributed by atoms with E-state index in [2.05, 4.69) is 28.9 Å². The number of carboxylic acid groups (broad SMARTS) is 1. The zero-order valence-corrected chi connectivity index (χ0v) is 20.4. The van der Waals surface area contributed by atoms with Gasteiger partial charge in [-0.3, -0.25) is 9.97 Å². The molecule has 0 radical (unpaired) electrons. The Morgan fingerprint density at radius 1 is 1.22 bits per heavy atom. The van der Waals surface area contributed by atoms with Gasteiger partial charge in [0.15, 0.2) is 5.69 Å². The number of nitrogens with zero attached hydrogens (tertiary/aromatic N) is 5. The molecule has 0 aliphatic rings. The van der Waals surface area contributed by atoms with Crippen molar-refractivity contribution in [2.75, 3.05) is 0 Å². The third-order valence-corrected chi connectivity index (χ3v) is 7.37. The van der Waals surface area contributed by atoms with Crippen molar-refractivity contribution in [1.29, 1.82) is 0 Å². The molecule has 0 atom stereocenters. The molecule has 0 amide bonds. The summed E-state index contributed by atoms with van der Waals surface area (Å²) in [7, 11) is 0. The summed E-state index contributed by atoms with van der Waals surface area (Å²) in [6, 6.07) is 5.31. The van der Waals surface area contributed by atoms with Gasteiger partial charge in [-0.2, -0.15) is 9.78 Å². The fraction of sp³-hybridized carbons (Fsp3) is 0.190. The summed E-state index contributed by atoms with van der Waals surface area (Å²) in [5.74, 6) is -1.13. The molecule has 0 aliphatic heterocycles. The van der Waals surface area contributed by atoms with Gasteiger partial charge in [-0.25, -0.2) is 9.78 Å². The van der Waals surface area contributed by atoms with Crippen LogP contribution in [0.2, 0.25) is 10.0 Å². The van der Waals surface area contributed by atoms with Crippen LogP contribution in [-0.4, -0.2) is 41.1 Å². The lowest BCUT2D eigenvalue weighted by molar-refractivity contribution is 0.0688. The SMILES string of the molecule is Cc1nn(-c2nc(-c3ccc(Cl)c(Cl)c3)c(SC(C)C)s2)c(C(=O)O)c1-c1cnccn1. The number of thioether (sulfide) groups is 1. The molecule has 3 aromatic heterocycles. The van der Waals surface area contributed by atoms with Crippen molar-refractivity contribution in [1.82, 2.24) is 24.7 Å². The topological polar surface area (TPSA) is 93.8 Å². The van der Waals surface area contributed by atoms with E-state index >= 15 is 0 Å². The van der Waals surface area contributed by atoms with Crippen molar-refractivity contribution in [3.8, 4) is 27.6 Å². The van der Waals surface area contributed by atoms with Crippen molar-refractivity contribution >= 4 is 52.3 Å². The summed E-state index contributed by atoms with van der Waals surface area (Å²) in [5.41, 5.74) is 2.85. The van der Waals surface area contributed by atoms with E-state index in [0.717, 1.165) is 9.77 Å². The minimum atomic E-state index is -1.13. The summed E-state index contributed by atoms with van der Waals surface area (Å²) in [6.07, 6.45) is 4.56. The molecule has 0 aliphatic carbocycles. The minimum Gasteiger partial charge on any atom is -0.476 e. The average Bonchev–Trinajstić information content (AvgIpc) is 3.31. The Kier molecular flexibility index (Phi) is 6.52. The molecule has 4 rings (SSSR count). The van der Waals surface area contributed by atoms with Crippen LogP contribution in [-0.2, 0) is 0 Å². The second-order valence-electron chi connectivity index (χ2n) is 7.04. The van der Waals surface area contributed by atoms with E-state index in [-0.39, 0.29) is 5.69 Å². The predicted molar refractivity (Wildman–Crippen MR) is 128 cm³/mol. The van der Waals surface area contributed by atoms with Crippen molar-refractivity contribution < 1.29 is 9.90 Å². The molecule has 0 spiro atoms. The van der Waals surface area contributed by atoms with E-state index < -0.39 is 5.97 Å². The monoisotopic (exact) mass is 505 g/mol. The lowest BCUT2D eigenvalue weighted by Gasteiger charge is -2.05. The zero-order valence-electron chi connectivity index (χ0n) is 17.2. The maximum Gasteiger partial charge on any atom is 0.355 e. The molecule has 1 N–H and O–H groups in total. The van der Waals surface area contributed by atoms with Gasteiger partial charge in [0.2, 0.25) is 5.13 Å². The smallest absolute Gasteiger partial charge is 0.355 e. The molecule has 11 heteroatoms. The first-order valence-electron chi connectivity index (χ1n) is 9.48. The van der Waals surface area contributed by atoms with Crippen LogP contribution in [0.5, 0.6) is 0 Å². The van der Waals surface area contributed by atoms with E-state index in [1.807, 2.05) is 6.07 Å². The molecule has 1 aromatic carbocycles. The Hall–Kier alpha value is -2.46. The molecule has 0 bridgehead atoms. The van der Waals surface area contributed by atoms with Gasteiger partial charge >= 0.3 is 5.97 Å². The molecular formula is C21H17Cl2N5O2S2. The molecule has 32 heavy (non-hydrogen) atoms. The van der Waals surface area contributed by atoms with Gasteiger partial charge < -0.3 is 5.11 Å². The molecule has 0 saturated carbocycles. The average molecular weight is 506 g/mol. The maximum absolute atomic E-state index is 12.3. The Bertz CT molecular complexity index is 1310. The number of halogens is 2. The van der Waals surface area contributed by atoms with Crippen LogP contribution in [0, 0.1) is 6.92 Å². The standard InChI is InChI=1S/C21H17Cl2N5O2S2/c1-10(2)31-20-17(12-4-5-13(22)14(23)8-12)26-21(32-20)28-18(19(29)30)16(11(3)27-28)15-9-24-6-7-25-15/h4-10H,1-3H3,(H,29,30). The first-order chi connectivity index (χ1) is 15.3. The van der Waals surface area contributed by atoms with Crippen molar-refractivity contribution in [3.05, 3.63) is 58.2 Å². The number of aromatic nitrogens is 5. The zero-order chi connectivity index (χ0) is 23.0. The quantitative estimate of drug-likeness (QED) is 0.308. The van der Waals surface area contributed by atoms with E-state index in [4.69, 9.17) is 28.2 Å². The molecule has 0 fully saturated rings. The molecule has 4 aromatic rings. The second-order valence-corrected chi connectivity index (χ2v) is 10.7. The van der Waals surface area contributed by atoms with E-state index in [0.29, 0.717) is 43.1 Å². The number of carboxylic acids is 1. The summed E-state index contributed by atoms with van der Waals surface area (Å²) in [4.78, 5) is 25.3. The number of rotatable bonds is 6. The first kappa shape index (κ1) is 22.7. The lowest BCUT2D eigenvalue weighted by Crippen LogP contribution is -2.09. The van der Waals surface area contributed by atoms with Crippen molar-refractivity contribution in [2.45, 2.75) is 30.2 Å². The van der Waals surface area contributed by atoms with E-state index in [1.165, 1.54) is 34.6 Å². The van der Waals surface area contributed by atoms with Crippen LogP contribution in [0.15, 0.2) is 41.0 Å². The molecular weight excluding hydrogens is 489 g/mol. The van der Waals surface area contributed by atoms with Gasteiger partial charge in [-0.15, -0.1) is 11.8 Å². The minimum absolute atomic E-state index is 0.0152. The van der Waals surface area contributed by atoms with Gasteiger partial charge in [0.25, 0.3) is 0 Å². The largest absolute Gasteiger partial charge is 0.476 e. The van der Waals surface area contributed by atoms with Crippen LogP contribution in [0.1, 0.15) is 30.0 Å². The maximum atomic E-state index is 12.3. The lowest BCUT2D eigenvalue weighted by atomic mass is 10.1. The fourth-order valence-electron chi connectivity index (χ4n) is 3.10. The number of benzene rings is 1. The van der Waals surface area contributed by atoms with Gasteiger partial charge in [0.1, 0.15) is 0 Å². The molecule has 0 unspecified atom stereocenters. The summed E-state index contributed by atoms with van der Waals surface area (Å²) in [6.45, 7) is 5.90. The molecule has 0 saturated heterocycles. The van der Waals surface area contributed by atoms with Crippen LogP contribution in [0.4, 0.5) is 0 Å². The normalized spacial score (nSPS) is 11.3. The fourth-order valence-corrected chi connectivity index (χ4v) is 5.88. The number of thiazole rings is 1. The highest BCUT2D eigenvalue weighted by molar-refractivity contribution is 8.01. The van der Waals surface area contributed by atoms with Crippen molar-refractivity contribution in [2.24, 2.45) is 0 Å². The third-order valence-electron chi connectivity index (χ3n) is 4.38. The van der Waals surface area contributed by atoms with Gasteiger partial charge in [-0.05, 0) is 19.1 Å². The summed E-state index contributed by atoms with van der Waals surface area (Å²) >= 11 is 15.3. The highest BCUT2D eigenvalue weighted by atomic mass is 35.5. The van der Waals surface area contributed by atoms with Gasteiger partial charge in [0.05, 0.1) is 43.1 Å². The van der Waals surface area contributed by atoms with Crippen molar-refractivity contribution in [3.63, 3.8) is 0 Å². The van der Waals surface area contributed by atoms with Crippen LogP contribution in [0.3, 0.4) is 0 Å². The number of carbonyl (C=O) groups is 1. The summed E-state index contributed by atoms with van der Waals surface area (Å²) in [5, 5.41) is 16.1. The third kappa shape index (κ3) is 4.38. The van der Waals surface area contributed by atoms with Crippen LogP contribution >= 0.6 is 46.3 Å². The van der Waals surface area contributed by atoms with E-state index in [9.17, 15) is 9.90 Å². The van der Waals surface area contributed by atoms with Crippen LogP contribution in [0.25, 0.3) is 27.6 Å². The molecule has 3 heterocycles. The number of hydrogen-bond donors (Lipinski definition) is 1. The molecule has 7 nitrogen and oxygen atoms in total. The Labute approximate surface area is 202 Å². The second kappa shape index (κ2) is 9.19. The highest BCUT2D eigenvalue weighted by Gasteiger charge is 2.27.